The van der Waals surface area contributed by atoms with Gasteiger partial charge in [-0.15, -0.1) is 0 Å². The Balaban J connectivity index is 1.78. The minimum Gasteiger partial charge on any atom is -0.508 e. The van der Waals surface area contributed by atoms with Crippen molar-refractivity contribution in [2.45, 2.75) is 6.42 Å². The van der Waals surface area contributed by atoms with Crippen LogP contribution < -0.4 is 0 Å². The summed E-state index contributed by atoms with van der Waals surface area (Å²) >= 11 is 0. The molecule has 0 unspecified atom stereocenters. The van der Waals surface area contributed by atoms with Crippen molar-refractivity contribution in [2.24, 2.45) is 0 Å². The van der Waals surface area contributed by atoms with Crippen LogP contribution in [0.2, 0.25) is 0 Å². The van der Waals surface area contributed by atoms with Gasteiger partial charge in [-0.25, -0.2) is 9.37 Å². The molecule has 3 rings (SSSR count). The largest absolute Gasteiger partial charge is 0.508 e. The van der Waals surface area contributed by atoms with Crippen LogP contribution in [-0.2, 0) is 6.42 Å². The fraction of sp³-hybridized carbons (Fsp3) is 0.0588. The Kier molecular flexibility index (Phi) is 3.70. The molecular formula is C17H12FNO3. The first-order valence-electron chi connectivity index (χ1n) is 6.65. The highest BCUT2D eigenvalue weighted by atomic mass is 19.1. The van der Waals surface area contributed by atoms with Gasteiger partial charge in [0.15, 0.2) is 5.76 Å². The number of nitrogens with zero attached hydrogens (tertiary/aromatic N) is 1. The lowest BCUT2D eigenvalue weighted by molar-refractivity contribution is 0.0960. The molecule has 0 aliphatic carbocycles. The molecule has 2 aromatic carbocycles. The van der Waals surface area contributed by atoms with Crippen LogP contribution in [0.5, 0.6) is 5.75 Å². The summed E-state index contributed by atoms with van der Waals surface area (Å²) in [5, 5.41) is 9.25. The number of carbonyl (C=O) groups is 1. The minimum absolute atomic E-state index is 0.0210. The second kappa shape index (κ2) is 5.81. The monoisotopic (exact) mass is 297 g/mol. The Morgan fingerprint density at radius 3 is 2.68 bits per heavy atom. The Hall–Kier alpha value is -2.95. The maximum atomic E-state index is 13.1. The number of aromatic nitrogens is 1. The number of benzene rings is 2. The van der Waals surface area contributed by atoms with Gasteiger partial charge in [-0.1, -0.05) is 12.1 Å². The molecule has 1 heterocycles. The number of carbonyl (C=O) groups excluding carboxylic acids is 1. The molecular weight excluding hydrogens is 285 g/mol. The number of hydrogen-bond donors (Lipinski definition) is 1. The summed E-state index contributed by atoms with van der Waals surface area (Å²) in [4.78, 5) is 16.1. The van der Waals surface area contributed by atoms with Gasteiger partial charge in [0.2, 0.25) is 5.78 Å². The topological polar surface area (TPSA) is 63.3 Å². The molecule has 0 saturated heterocycles. The van der Waals surface area contributed by atoms with Crippen molar-refractivity contribution < 1.29 is 18.7 Å². The lowest BCUT2D eigenvalue weighted by Crippen LogP contribution is -2.03. The SMILES string of the molecule is O=C(Cc1cccc(F)c1)c1ncc(-c2ccc(O)cc2)o1. The molecule has 0 fully saturated rings. The Morgan fingerprint density at radius 2 is 1.95 bits per heavy atom. The molecule has 1 aromatic heterocycles. The van der Waals surface area contributed by atoms with Gasteiger partial charge in [-0.3, -0.25) is 4.79 Å². The minimum atomic E-state index is -0.387. The molecule has 0 spiro atoms. The molecule has 4 nitrogen and oxygen atoms in total. The number of Topliss-reactive ketones (excluding diaryl/α,β-unsaturated/α-hetero) is 1. The maximum absolute atomic E-state index is 13.1. The second-order valence-corrected chi connectivity index (χ2v) is 4.81. The first-order valence-corrected chi connectivity index (χ1v) is 6.65. The van der Waals surface area contributed by atoms with Crippen LogP contribution in [0.4, 0.5) is 4.39 Å². The first kappa shape index (κ1) is 14.0. The quantitative estimate of drug-likeness (QED) is 0.747. The van der Waals surface area contributed by atoms with E-state index in [4.69, 9.17) is 4.42 Å². The van der Waals surface area contributed by atoms with E-state index in [1.54, 1.807) is 24.3 Å². The third-order valence-corrected chi connectivity index (χ3v) is 3.15. The molecule has 0 aliphatic rings. The number of halogens is 1. The summed E-state index contributed by atoms with van der Waals surface area (Å²) in [7, 11) is 0. The van der Waals surface area contributed by atoms with E-state index < -0.39 is 0 Å². The second-order valence-electron chi connectivity index (χ2n) is 4.81. The van der Waals surface area contributed by atoms with Crippen molar-refractivity contribution in [1.29, 1.82) is 0 Å². The summed E-state index contributed by atoms with van der Waals surface area (Å²) in [6.45, 7) is 0. The van der Waals surface area contributed by atoms with Crippen molar-refractivity contribution in [3.63, 3.8) is 0 Å². The van der Waals surface area contributed by atoms with E-state index in [-0.39, 0.29) is 29.7 Å². The van der Waals surface area contributed by atoms with E-state index in [0.717, 1.165) is 0 Å². The van der Waals surface area contributed by atoms with Gasteiger partial charge in [-0.05, 0) is 42.0 Å². The molecule has 0 amide bonds. The van der Waals surface area contributed by atoms with Crippen molar-refractivity contribution >= 4 is 5.78 Å². The van der Waals surface area contributed by atoms with Crippen LogP contribution in [0.3, 0.4) is 0 Å². The Morgan fingerprint density at radius 1 is 1.18 bits per heavy atom. The molecule has 110 valence electrons. The molecule has 3 aromatic rings. The van der Waals surface area contributed by atoms with E-state index in [0.29, 0.717) is 16.9 Å². The van der Waals surface area contributed by atoms with Crippen LogP contribution in [0.1, 0.15) is 16.2 Å². The van der Waals surface area contributed by atoms with E-state index in [1.807, 2.05) is 0 Å². The number of aromatic hydroxyl groups is 1. The molecule has 0 atom stereocenters. The predicted molar refractivity (Wildman–Crippen MR) is 78.0 cm³/mol. The molecule has 0 aliphatic heterocycles. The highest BCUT2D eigenvalue weighted by Crippen LogP contribution is 2.23. The standard InChI is InChI=1S/C17H12FNO3/c18-13-3-1-2-11(8-13)9-15(21)17-19-10-16(22-17)12-4-6-14(20)7-5-12/h1-8,10,20H,9H2. The number of oxazole rings is 1. The van der Waals surface area contributed by atoms with Crippen molar-refractivity contribution in [1.82, 2.24) is 4.98 Å². The van der Waals surface area contributed by atoms with Crippen LogP contribution in [0.25, 0.3) is 11.3 Å². The predicted octanol–water partition coefficient (Wildman–Crippen LogP) is 3.61. The number of hydrogen-bond acceptors (Lipinski definition) is 4. The highest BCUT2D eigenvalue weighted by molar-refractivity contribution is 5.93. The van der Waals surface area contributed by atoms with E-state index in [9.17, 15) is 14.3 Å². The summed E-state index contributed by atoms with van der Waals surface area (Å²) in [5.41, 5.74) is 1.27. The fourth-order valence-electron chi connectivity index (χ4n) is 2.07. The average Bonchev–Trinajstić information content (AvgIpc) is 2.98. The van der Waals surface area contributed by atoms with E-state index >= 15 is 0 Å². The third kappa shape index (κ3) is 3.03. The lowest BCUT2D eigenvalue weighted by Gasteiger charge is -1.99. The molecule has 0 radical (unpaired) electrons. The fourth-order valence-corrected chi connectivity index (χ4v) is 2.07. The van der Waals surface area contributed by atoms with Crippen molar-refractivity contribution in [3.8, 4) is 17.1 Å². The molecule has 1 N–H and O–H groups in total. The van der Waals surface area contributed by atoms with E-state index in [2.05, 4.69) is 4.98 Å². The highest BCUT2D eigenvalue weighted by Gasteiger charge is 2.15. The van der Waals surface area contributed by atoms with Gasteiger partial charge < -0.3 is 9.52 Å². The van der Waals surface area contributed by atoms with Crippen LogP contribution >= 0.6 is 0 Å². The smallest absolute Gasteiger partial charge is 0.264 e. The number of rotatable bonds is 4. The summed E-state index contributed by atoms with van der Waals surface area (Å²) in [6.07, 6.45) is 1.47. The Labute approximate surface area is 125 Å². The summed E-state index contributed by atoms with van der Waals surface area (Å²) < 4.78 is 18.5. The average molecular weight is 297 g/mol. The molecule has 0 bridgehead atoms. The summed E-state index contributed by atoms with van der Waals surface area (Å²) in [5.74, 6) is -0.154. The normalized spacial score (nSPS) is 10.6. The van der Waals surface area contributed by atoms with Crippen LogP contribution in [0.15, 0.2) is 59.1 Å². The molecule has 5 heteroatoms. The zero-order valence-electron chi connectivity index (χ0n) is 11.5. The number of phenolic OH excluding ortho intramolecular Hbond substituents is 1. The first-order chi connectivity index (χ1) is 10.6. The van der Waals surface area contributed by atoms with Crippen LogP contribution in [-0.4, -0.2) is 15.9 Å². The van der Waals surface area contributed by atoms with Gasteiger partial charge in [0.25, 0.3) is 5.89 Å². The van der Waals surface area contributed by atoms with Gasteiger partial charge in [0, 0.05) is 12.0 Å². The van der Waals surface area contributed by atoms with Gasteiger partial charge >= 0.3 is 0 Å². The number of ketones is 1. The van der Waals surface area contributed by atoms with E-state index in [1.165, 1.54) is 30.5 Å². The van der Waals surface area contributed by atoms with Gasteiger partial charge in [0.1, 0.15) is 11.6 Å². The zero-order chi connectivity index (χ0) is 15.5. The third-order valence-electron chi connectivity index (χ3n) is 3.15. The maximum Gasteiger partial charge on any atom is 0.264 e. The zero-order valence-corrected chi connectivity index (χ0v) is 11.5. The summed E-state index contributed by atoms with van der Waals surface area (Å²) in [6, 6.07) is 12.2. The van der Waals surface area contributed by atoms with Crippen LogP contribution in [0, 0.1) is 5.82 Å². The number of phenols is 1. The van der Waals surface area contributed by atoms with Crippen molar-refractivity contribution in [3.05, 3.63) is 72.0 Å². The Bertz CT molecular complexity index is 809. The molecule has 22 heavy (non-hydrogen) atoms. The van der Waals surface area contributed by atoms with Gasteiger partial charge in [-0.2, -0.15) is 0 Å². The lowest BCUT2D eigenvalue weighted by atomic mass is 10.1. The molecule has 0 saturated carbocycles. The van der Waals surface area contributed by atoms with Crippen molar-refractivity contribution in [2.75, 3.05) is 0 Å². The van der Waals surface area contributed by atoms with Gasteiger partial charge in [0.05, 0.1) is 6.20 Å².